The van der Waals surface area contributed by atoms with Gasteiger partial charge in [-0.15, -0.1) is 0 Å². The van der Waals surface area contributed by atoms with Gasteiger partial charge in [0.05, 0.1) is 23.7 Å². The van der Waals surface area contributed by atoms with Crippen LogP contribution in [0, 0.1) is 0 Å². The van der Waals surface area contributed by atoms with Gasteiger partial charge in [0.2, 0.25) is 0 Å². The quantitative estimate of drug-likeness (QED) is 0.841. The van der Waals surface area contributed by atoms with E-state index >= 15 is 0 Å². The summed E-state index contributed by atoms with van der Waals surface area (Å²) in [6.45, 7) is 0.346. The third-order valence-electron chi connectivity index (χ3n) is 4.75. The smallest absolute Gasteiger partial charge is 0.287 e. The second kappa shape index (κ2) is 7.80. The first-order chi connectivity index (χ1) is 12.3. The fourth-order valence-electron chi connectivity index (χ4n) is 3.32. The van der Waals surface area contributed by atoms with Gasteiger partial charge in [0.15, 0.2) is 0 Å². The number of hydrogen-bond donors (Lipinski definition) is 1. The van der Waals surface area contributed by atoms with Crippen LogP contribution in [0.3, 0.4) is 0 Å². The summed E-state index contributed by atoms with van der Waals surface area (Å²) in [5.41, 5.74) is 1.05. The van der Waals surface area contributed by atoms with Crippen LogP contribution in [0.15, 0.2) is 41.3 Å². The van der Waals surface area contributed by atoms with E-state index in [1.54, 1.807) is 0 Å². The lowest BCUT2D eigenvalue weighted by Gasteiger charge is -2.29. The van der Waals surface area contributed by atoms with Gasteiger partial charge in [-0.1, -0.05) is 48.4 Å². The molecule has 2 aromatic rings. The van der Waals surface area contributed by atoms with Gasteiger partial charge in [0.25, 0.3) is 5.56 Å². The molecule has 1 saturated carbocycles. The summed E-state index contributed by atoms with van der Waals surface area (Å²) >= 11 is 6.26. The van der Waals surface area contributed by atoms with Crippen LogP contribution in [0.1, 0.15) is 31.2 Å². The van der Waals surface area contributed by atoms with Crippen LogP contribution in [-0.2, 0) is 16.4 Å². The van der Waals surface area contributed by atoms with Crippen LogP contribution in [-0.4, -0.2) is 35.7 Å². The second-order valence-corrected chi connectivity index (χ2v) is 9.48. The lowest BCUT2D eigenvalue weighted by Crippen LogP contribution is -2.35. The maximum absolute atomic E-state index is 12.5. The fraction of sp³-hybridized carbons (Fsp3) is 0.444. The Labute approximate surface area is 158 Å². The molecular weight excluding hydrogens is 374 g/mol. The number of benzene rings is 1. The Morgan fingerprint density at radius 1 is 1.27 bits per heavy atom. The fourth-order valence-corrected chi connectivity index (χ4v) is 4.70. The van der Waals surface area contributed by atoms with E-state index in [0.717, 1.165) is 18.4 Å². The minimum Gasteiger partial charge on any atom is -0.380 e. The largest absolute Gasteiger partial charge is 0.380 e. The maximum atomic E-state index is 12.5. The summed E-state index contributed by atoms with van der Waals surface area (Å²) in [7, 11) is -3.07. The highest BCUT2D eigenvalue weighted by molar-refractivity contribution is 7.91. The Balaban J connectivity index is 1.75. The van der Waals surface area contributed by atoms with Crippen molar-refractivity contribution in [1.29, 1.82) is 0 Å². The Bertz CT molecular complexity index is 928. The van der Waals surface area contributed by atoms with Crippen molar-refractivity contribution >= 4 is 27.1 Å². The van der Waals surface area contributed by atoms with E-state index in [1.165, 1.54) is 17.1 Å². The van der Waals surface area contributed by atoms with Crippen molar-refractivity contribution in [2.75, 3.05) is 11.6 Å². The number of halogens is 1. The van der Waals surface area contributed by atoms with Gasteiger partial charge in [-0.25, -0.2) is 13.1 Å². The lowest BCUT2D eigenvalue weighted by molar-refractivity contribution is 0.452. The van der Waals surface area contributed by atoms with Gasteiger partial charge in [-0.3, -0.25) is 4.79 Å². The number of nitrogens with one attached hydrogen (secondary N) is 1. The van der Waals surface area contributed by atoms with Gasteiger partial charge in [0, 0.05) is 12.3 Å². The van der Waals surface area contributed by atoms with Gasteiger partial charge in [-0.05, 0) is 24.8 Å². The van der Waals surface area contributed by atoms with Crippen molar-refractivity contribution in [3.63, 3.8) is 0 Å². The summed E-state index contributed by atoms with van der Waals surface area (Å²) in [6, 6.07) is 9.52. The SMILES string of the molecule is CS(=O)(=O)C1CCCC(Nc2cnn(Cc3ccccc3)c(=O)c2Cl)C1. The molecule has 140 valence electrons. The minimum absolute atomic E-state index is 0.0350. The summed E-state index contributed by atoms with van der Waals surface area (Å²) < 4.78 is 24.9. The molecule has 2 unspecified atom stereocenters. The zero-order chi connectivity index (χ0) is 18.7. The first-order valence-electron chi connectivity index (χ1n) is 8.59. The summed E-state index contributed by atoms with van der Waals surface area (Å²) in [5, 5.41) is 7.15. The third kappa shape index (κ3) is 4.45. The highest BCUT2D eigenvalue weighted by atomic mass is 35.5. The predicted molar refractivity (Wildman–Crippen MR) is 104 cm³/mol. The van der Waals surface area contributed by atoms with Crippen molar-refractivity contribution in [3.05, 3.63) is 57.5 Å². The predicted octanol–water partition coefficient (Wildman–Crippen LogP) is 2.71. The van der Waals surface area contributed by atoms with Crippen LogP contribution in [0.25, 0.3) is 0 Å². The van der Waals surface area contributed by atoms with Gasteiger partial charge in [-0.2, -0.15) is 5.10 Å². The second-order valence-electron chi connectivity index (χ2n) is 6.78. The van der Waals surface area contributed by atoms with Gasteiger partial charge < -0.3 is 5.32 Å². The molecule has 0 bridgehead atoms. The molecule has 1 heterocycles. The topological polar surface area (TPSA) is 81.1 Å². The first-order valence-corrected chi connectivity index (χ1v) is 10.9. The number of nitrogens with zero attached hydrogens (tertiary/aromatic N) is 2. The normalized spacial score (nSPS) is 20.7. The van der Waals surface area contributed by atoms with Gasteiger partial charge in [0.1, 0.15) is 14.9 Å². The number of sulfone groups is 1. The molecule has 1 N–H and O–H groups in total. The van der Waals surface area contributed by atoms with Gasteiger partial charge >= 0.3 is 0 Å². The summed E-state index contributed by atoms with van der Waals surface area (Å²) in [5.74, 6) is 0. The van der Waals surface area contributed by atoms with E-state index in [0.29, 0.717) is 25.1 Å². The average Bonchev–Trinajstić information content (AvgIpc) is 2.62. The van der Waals surface area contributed by atoms with E-state index in [9.17, 15) is 13.2 Å². The van der Waals surface area contributed by atoms with Crippen LogP contribution >= 0.6 is 11.6 Å². The maximum Gasteiger partial charge on any atom is 0.287 e. The van der Waals surface area contributed by atoms with Crippen LogP contribution in [0.2, 0.25) is 5.02 Å². The zero-order valence-corrected chi connectivity index (χ0v) is 16.1. The number of anilines is 1. The van der Waals surface area contributed by atoms with E-state index < -0.39 is 9.84 Å². The van der Waals surface area contributed by atoms with Crippen LogP contribution in [0.5, 0.6) is 0 Å². The monoisotopic (exact) mass is 395 g/mol. The van der Waals surface area contributed by atoms with Crippen LogP contribution in [0.4, 0.5) is 5.69 Å². The van der Waals surface area contributed by atoms with Crippen molar-refractivity contribution < 1.29 is 8.42 Å². The molecule has 0 aliphatic heterocycles. The molecule has 2 atom stereocenters. The summed E-state index contributed by atoms with van der Waals surface area (Å²) in [4.78, 5) is 12.5. The molecule has 0 spiro atoms. The number of hydrogen-bond acceptors (Lipinski definition) is 5. The molecule has 6 nitrogen and oxygen atoms in total. The Morgan fingerprint density at radius 3 is 2.69 bits per heavy atom. The molecule has 0 radical (unpaired) electrons. The highest BCUT2D eigenvalue weighted by Crippen LogP contribution is 2.27. The Morgan fingerprint density at radius 2 is 2.00 bits per heavy atom. The van der Waals surface area contributed by atoms with E-state index in [4.69, 9.17) is 11.6 Å². The molecule has 0 saturated heterocycles. The zero-order valence-electron chi connectivity index (χ0n) is 14.6. The molecule has 1 aromatic carbocycles. The van der Waals surface area contributed by atoms with Crippen molar-refractivity contribution in [2.24, 2.45) is 0 Å². The summed E-state index contributed by atoms with van der Waals surface area (Å²) in [6.07, 6.45) is 5.68. The van der Waals surface area contributed by atoms with Crippen LogP contribution < -0.4 is 10.9 Å². The van der Waals surface area contributed by atoms with E-state index in [2.05, 4.69) is 10.4 Å². The molecule has 1 aliphatic carbocycles. The molecule has 26 heavy (non-hydrogen) atoms. The van der Waals surface area contributed by atoms with Crippen molar-refractivity contribution in [2.45, 2.75) is 43.5 Å². The third-order valence-corrected chi connectivity index (χ3v) is 6.76. The molecule has 1 aromatic heterocycles. The van der Waals surface area contributed by atoms with E-state index in [1.807, 2.05) is 30.3 Å². The Kier molecular flexibility index (Phi) is 5.67. The molecule has 1 fully saturated rings. The molecule has 3 rings (SSSR count). The molecular formula is C18H22ClN3O3S. The first kappa shape index (κ1) is 18.9. The molecule has 1 aliphatic rings. The van der Waals surface area contributed by atoms with E-state index in [-0.39, 0.29) is 21.9 Å². The standard InChI is InChI=1S/C18H22ClN3O3S/c1-26(24,25)15-9-5-8-14(10-15)21-16-11-20-22(18(23)17(16)19)12-13-6-3-2-4-7-13/h2-4,6-7,11,14-15,21H,5,8-10,12H2,1H3. The highest BCUT2D eigenvalue weighted by Gasteiger charge is 2.29. The Hall–Kier alpha value is -1.86. The average molecular weight is 396 g/mol. The number of rotatable bonds is 5. The minimum atomic E-state index is -3.07. The molecule has 0 amide bonds. The van der Waals surface area contributed by atoms with Crippen molar-refractivity contribution in [3.8, 4) is 0 Å². The van der Waals surface area contributed by atoms with Crippen molar-refractivity contribution in [1.82, 2.24) is 9.78 Å². The number of aromatic nitrogens is 2. The molecule has 8 heteroatoms. The lowest BCUT2D eigenvalue weighted by atomic mass is 9.95.